The fourth-order valence-electron chi connectivity index (χ4n) is 1.63. The molecule has 1 aromatic heterocycles. The van der Waals surface area contributed by atoms with Gasteiger partial charge in [-0.2, -0.15) is 0 Å². The Kier molecular flexibility index (Phi) is 3.71. The number of rotatable bonds is 3. The molecule has 0 radical (unpaired) electrons. The molecule has 0 aliphatic carbocycles. The molecule has 0 bridgehead atoms. The first-order chi connectivity index (χ1) is 8.95. The summed E-state index contributed by atoms with van der Waals surface area (Å²) in [4.78, 5) is 20.5. The van der Waals surface area contributed by atoms with Gasteiger partial charge in [0.25, 0.3) is 0 Å². The molecule has 2 aromatic rings. The van der Waals surface area contributed by atoms with Gasteiger partial charge in [-0.3, -0.25) is 4.79 Å². The zero-order valence-electron chi connectivity index (χ0n) is 10.7. The Labute approximate surface area is 115 Å². The Bertz CT molecular complexity index is 622. The van der Waals surface area contributed by atoms with Crippen molar-refractivity contribution in [3.05, 3.63) is 41.2 Å². The van der Waals surface area contributed by atoms with E-state index in [4.69, 9.17) is 11.5 Å². The maximum Gasteiger partial charge on any atom is 0.248 e. The largest absolute Gasteiger partial charge is 0.398 e. The summed E-state index contributed by atoms with van der Waals surface area (Å²) < 4.78 is 0. The fraction of sp³-hybridized carbons (Fsp3) is 0.154. The highest BCUT2D eigenvalue weighted by Crippen LogP contribution is 2.30. The highest BCUT2D eigenvalue weighted by Gasteiger charge is 2.08. The van der Waals surface area contributed by atoms with E-state index >= 15 is 0 Å². The Balaban J connectivity index is 2.30. The second kappa shape index (κ2) is 5.27. The van der Waals surface area contributed by atoms with E-state index in [0.717, 1.165) is 16.3 Å². The summed E-state index contributed by atoms with van der Waals surface area (Å²) in [6.45, 7) is 3.83. The zero-order chi connectivity index (χ0) is 14.0. The van der Waals surface area contributed by atoms with Gasteiger partial charge in [0.15, 0.2) is 5.16 Å². The number of carbonyl (C=O) groups excluding carboxylic acids is 1. The molecule has 1 aromatic carbocycles. The van der Waals surface area contributed by atoms with Gasteiger partial charge < -0.3 is 11.5 Å². The molecule has 6 heteroatoms. The third-order valence-electron chi connectivity index (χ3n) is 2.46. The van der Waals surface area contributed by atoms with Gasteiger partial charge in [0, 0.05) is 27.5 Å². The summed E-state index contributed by atoms with van der Waals surface area (Å²) in [5, 5.41) is 0.635. The molecule has 0 fully saturated rings. The third kappa shape index (κ3) is 3.23. The van der Waals surface area contributed by atoms with E-state index in [-0.39, 0.29) is 0 Å². The molecule has 1 heterocycles. The van der Waals surface area contributed by atoms with E-state index in [1.165, 1.54) is 11.8 Å². The van der Waals surface area contributed by atoms with Gasteiger partial charge in [-0.25, -0.2) is 9.97 Å². The van der Waals surface area contributed by atoms with Crippen LogP contribution in [0.5, 0.6) is 0 Å². The van der Waals surface area contributed by atoms with Crippen molar-refractivity contribution in [2.24, 2.45) is 5.73 Å². The van der Waals surface area contributed by atoms with Crippen LogP contribution in [0, 0.1) is 13.8 Å². The van der Waals surface area contributed by atoms with Crippen molar-refractivity contribution in [2.75, 3.05) is 5.73 Å². The monoisotopic (exact) mass is 274 g/mol. The van der Waals surface area contributed by atoms with Gasteiger partial charge in [0.1, 0.15) is 0 Å². The number of primary amides is 1. The summed E-state index contributed by atoms with van der Waals surface area (Å²) in [7, 11) is 0. The van der Waals surface area contributed by atoms with E-state index in [2.05, 4.69) is 9.97 Å². The molecule has 1 amide bonds. The first-order valence-electron chi connectivity index (χ1n) is 5.65. The standard InChI is InChI=1S/C13H14N4OS/c1-7-5-8(2)17-13(16-7)19-11-4-3-9(12(15)18)6-10(11)14/h3-6H,14H2,1-2H3,(H2,15,18). The van der Waals surface area contributed by atoms with E-state index in [1.807, 2.05) is 19.9 Å². The van der Waals surface area contributed by atoms with Crippen LogP contribution in [-0.4, -0.2) is 15.9 Å². The molecular formula is C13H14N4OS. The molecule has 0 unspecified atom stereocenters. The summed E-state index contributed by atoms with van der Waals surface area (Å²) in [5.41, 5.74) is 13.8. The van der Waals surface area contributed by atoms with E-state index in [1.54, 1.807) is 18.2 Å². The number of amides is 1. The second-order valence-electron chi connectivity index (χ2n) is 4.15. The van der Waals surface area contributed by atoms with Crippen molar-refractivity contribution in [3.8, 4) is 0 Å². The van der Waals surface area contributed by atoms with Crippen molar-refractivity contribution >= 4 is 23.4 Å². The maximum absolute atomic E-state index is 11.0. The fourth-order valence-corrected chi connectivity index (χ4v) is 2.52. The smallest absolute Gasteiger partial charge is 0.248 e. The summed E-state index contributed by atoms with van der Waals surface area (Å²) in [5.74, 6) is -0.495. The van der Waals surface area contributed by atoms with Crippen molar-refractivity contribution in [1.29, 1.82) is 0 Å². The number of hydrogen-bond donors (Lipinski definition) is 2. The van der Waals surface area contributed by atoms with Crippen LogP contribution in [0.15, 0.2) is 34.3 Å². The number of hydrogen-bond acceptors (Lipinski definition) is 5. The highest BCUT2D eigenvalue weighted by molar-refractivity contribution is 7.99. The topological polar surface area (TPSA) is 94.9 Å². The predicted molar refractivity (Wildman–Crippen MR) is 75.0 cm³/mol. The van der Waals surface area contributed by atoms with Crippen LogP contribution in [-0.2, 0) is 0 Å². The van der Waals surface area contributed by atoms with Crippen LogP contribution >= 0.6 is 11.8 Å². The number of carbonyl (C=O) groups is 1. The van der Waals surface area contributed by atoms with Crippen LogP contribution < -0.4 is 11.5 Å². The molecule has 0 atom stereocenters. The number of aryl methyl sites for hydroxylation is 2. The number of anilines is 1. The van der Waals surface area contributed by atoms with Crippen molar-refractivity contribution in [3.63, 3.8) is 0 Å². The lowest BCUT2D eigenvalue weighted by molar-refractivity contribution is 0.100. The first-order valence-corrected chi connectivity index (χ1v) is 6.47. The number of nitrogens with zero attached hydrogens (tertiary/aromatic N) is 2. The zero-order valence-corrected chi connectivity index (χ0v) is 11.5. The molecule has 19 heavy (non-hydrogen) atoms. The number of nitrogen functional groups attached to an aromatic ring is 1. The third-order valence-corrected chi connectivity index (χ3v) is 3.41. The lowest BCUT2D eigenvalue weighted by Crippen LogP contribution is -2.11. The molecule has 0 saturated carbocycles. The minimum atomic E-state index is -0.495. The SMILES string of the molecule is Cc1cc(C)nc(Sc2ccc(C(N)=O)cc2N)n1. The van der Waals surface area contributed by atoms with Crippen LogP contribution in [0.3, 0.4) is 0 Å². The van der Waals surface area contributed by atoms with Crippen LogP contribution in [0.1, 0.15) is 21.7 Å². The van der Waals surface area contributed by atoms with E-state index < -0.39 is 5.91 Å². The average Bonchev–Trinajstić information content (AvgIpc) is 2.30. The number of aromatic nitrogens is 2. The quantitative estimate of drug-likeness (QED) is 0.658. The van der Waals surface area contributed by atoms with Gasteiger partial charge in [-0.05, 0) is 49.9 Å². The Morgan fingerprint density at radius 1 is 1.16 bits per heavy atom. The van der Waals surface area contributed by atoms with E-state index in [9.17, 15) is 4.79 Å². The highest BCUT2D eigenvalue weighted by atomic mass is 32.2. The van der Waals surface area contributed by atoms with E-state index in [0.29, 0.717) is 16.4 Å². The molecule has 0 aliphatic rings. The van der Waals surface area contributed by atoms with Gasteiger partial charge in [-0.15, -0.1) is 0 Å². The van der Waals surface area contributed by atoms with Crippen molar-refractivity contribution < 1.29 is 4.79 Å². The maximum atomic E-state index is 11.0. The number of benzene rings is 1. The van der Waals surface area contributed by atoms with Crippen molar-refractivity contribution in [2.45, 2.75) is 23.9 Å². The predicted octanol–water partition coefficient (Wildman–Crippen LogP) is 1.93. The van der Waals surface area contributed by atoms with Gasteiger partial charge in [-0.1, -0.05) is 0 Å². The molecule has 0 aliphatic heterocycles. The molecular weight excluding hydrogens is 260 g/mol. The average molecular weight is 274 g/mol. The molecule has 98 valence electrons. The van der Waals surface area contributed by atoms with Gasteiger partial charge >= 0.3 is 0 Å². The molecule has 4 N–H and O–H groups in total. The number of nitrogens with two attached hydrogens (primary N) is 2. The van der Waals surface area contributed by atoms with Crippen LogP contribution in [0.2, 0.25) is 0 Å². The Hall–Kier alpha value is -2.08. The lowest BCUT2D eigenvalue weighted by atomic mass is 10.2. The molecule has 5 nitrogen and oxygen atoms in total. The van der Waals surface area contributed by atoms with Crippen LogP contribution in [0.4, 0.5) is 5.69 Å². The normalized spacial score (nSPS) is 10.4. The van der Waals surface area contributed by atoms with Crippen LogP contribution in [0.25, 0.3) is 0 Å². The summed E-state index contributed by atoms with van der Waals surface area (Å²) >= 11 is 1.36. The second-order valence-corrected chi connectivity index (χ2v) is 5.16. The minimum Gasteiger partial charge on any atom is -0.398 e. The lowest BCUT2D eigenvalue weighted by Gasteiger charge is -2.06. The van der Waals surface area contributed by atoms with Gasteiger partial charge in [0.05, 0.1) is 0 Å². The van der Waals surface area contributed by atoms with Crippen molar-refractivity contribution in [1.82, 2.24) is 9.97 Å². The Morgan fingerprint density at radius 2 is 1.79 bits per heavy atom. The molecule has 0 spiro atoms. The molecule has 0 saturated heterocycles. The van der Waals surface area contributed by atoms with Gasteiger partial charge in [0.2, 0.25) is 5.91 Å². The molecule has 2 rings (SSSR count). The summed E-state index contributed by atoms with van der Waals surface area (Å²) in [6.07, 6.45) is 0. The minimum absolute atomic E-state index is 0.392. The summed E-state index contributed by atoms with van der Waals surface area (Å²) in [6, 6.07) is 6.86. The Morgan fingerprint density at radius 3 is 2.32 bits per heavy atom. The first kappa shape index (κ1) is 13.4.